The molecule has 1 unspecified atom stereocenters. The molecule has 166 valence electrons. The predicted octanol–water partition coefficient (Wildman–Crippen LogP) is 1.34. The molecule has 0 saturated heterocycles. The van der Waals surface area contributed by atoms with E-state index in [-0.39, 0.29) is 68.2 Å². The van der Waals surface area contributed by atoms with Crippen LogP contribution in [-0.2, 0) is 28.3 Å². The van der Waals surface area contributed by atoms with E-state index in [9.17, 15) is 24.9 Å². The Morgan fingerprint density at radius 3 is 2.84 bits per heavy atom. The lowest BCUT2D eigenvalue weighted by molar-refractivity contribution is -0.172. The number of esters is 1. The zero-order valence-corrected chi connectivity index (χ0v) is 16.9. The summed E-state index contributed by atoms with van der Waals surface area (Å²) in [5.74, 6) is -1.27. The highest BCUT2D eigenvalue weighted by atomic mass is 16.6. The molecule has 0 aliphatic carbocycles. The van der Waals surface area contributed by atoms with Crippen molar-refractivity contribution >= 4 is 16.9 Å². The van der Waals surface area contributed by atoms with Crippen molar-refractivity contribution in [3.05, 3.63) is 56.9 Å². The normalized spacial score (nSPS) is 25.0. The van der Waals surface area contributed by atoms with Gasteiger partial charge in [-0.3, -0.25) is 9.36 Å². The molecule has 3 N–H and O–H groups in total. The van der Waals surface area contributed by atoms with Gasteiger partial charge < -0.3 is 25.0 Å². The summed E-state index contributed by atoms with van der Waals surface area (Å²) in [6.45, 7) is -5.53. The Hall–Kier alpha value is -3.27. The number of nitrogens with zero attached hydrogens (tertiary/aromatic N) is 3. The first-order chi connectivity index (χ1) is 17.6. The summed E-state index contributed by atoms with van der Waals surface area (Å²) in [5, 5.41) is 32.8. The third-order valence-corrected chi connectivity index (χ3v) is 6.18. The van der Waals surface area contributed by atoms with E-state index in [1.165, 1.54) is 24.3 Å². The van der Waals surface area contributed by atoms with Gasteiger partial charge in [0.1, 0.15) is 12.4 Å². The van der Waals surface area contributed by atoms with Crippen LogP contribution in [0.3, 0.4) is 0 Å². The molecule has 0 saturated carbocycles. The lowest BCUT2D eigenvalue weighted by Crippen LogP contribution is -2.44. The number of phenols is 1. The third kappa shape index (κ3) is 2.65. The Labute approximate surface area is 191 Å². The topological polar surface area (TPSA) is 125 Å². The molecule has 0 fully saturated rings. The highest BCUT2D eigenvalue weighted by Crippen LogP contribution is 2.42. The summed E-state index contributed by atoms with van der Waals surface area (Å²) < 4.78 is 52.0. The number of rotatable bonds is 3. The SMILES string of the molecule is [2H]C([2H])([2H])N(Cc1c(O)ccc2nc3c(cc12)C(O)n1c-3cc2c(c1=O)COC(=O)[C@]2(O)CC)C([2H])([2H])[2H]. The van der Waals surface area contributed by atoms with Crippen molar-refractivity contribution < 1.29 is 33.1 Å². The molecule has 2 aliphatic rings. The molecular formula is C23H23N3O6. The zero-order valence-electron chi connectivity index (χ0n) is 22.9. The standard InChI is InChI=1S/C23H23N3O6/c1-4-23(31)15-8-17-19-12(20(28)26(17)21(29)14(15)10-32-22(23)30)7-11-13(9-25(2)3)18(27)6-5-16(11)24-19/h5-8,20,27-28,31H,4,9-10H2,1-3H3/t20?,23-/m0/s1/i2D3,3D3. The molecular weight excluding hydrogens is 414 g/mol. The monoisotopic (exact) mass is 443 g/mol. The predicted molar refractivity (Wildman–Crippen MR) is 115 cm³/mol. The lowest BCUT2D eigenvalue weighted by Gasteiger charge is -2.31. The Balaban J connectivity index is 1.73. The largest absolute Gasteiger partial charge is 0.508 e. The number of hydrogen-bond donors (Lipinski definition) is 3. The van der Waals surface area contributed by atoms with Crippen molar-refractivity contribution in [2.75, 3.05) is 14.0 Å². The number of benzene rings is 1. The summed E-state index contributed by atoms with van der Waals surface area (Å²) in [4.78, 5) is 30.5. The second-order valence-electron chi connectivity index (χ2n) is 7.90. The summed E-state index contributed by atoms with van der Waals surface area (Å²) in [5.41, 5.74) is -2.05. The van der Waals surface area contributed by atoms with Gasteiger partial charge in [-0.25, -0.2) is 9.78 Å². The van der Waals surface area contributed by atoms with Gasteiger partial charge in [-0.2, -0.15) is 0 Å². The molecule has 3 aromatic rings. The molecule has 5 rings (SSSR count). The van der Waals surface area contributed by atoms with E-state index in [2.05, 4.69) is 4.98 Å². The molecule has 0 bridgehead atoms. The van der Waals surface area contributed by atoms with Crippen molar-refractivity contribution in [2.24, 2.45) is 0 Å². The number of aromatic nitrogens is 2. The Morgan fingerprint density at radius 1 is 1.34 bits per heavy atom. The van der Waals surface area contributed by atoms with Gasteiger partial charge in [0.15, 0.2) is 11.8 Å². The number of carbonyl (C=O) groups excluding carboxylic acids is 1. The van der Waals surface area contributed by atoms with Gasteiger partial charge in [0.05, 0.1) is 22.5 Å². The summed E-state index contributed by atoms with van der Waals surface area (Å²) >= 11 is 0. The minimum Gasteiger partial charge on any atom is -0.508 e. The van der Waals surface area contributed by atoms with Crippen molar-refractivity contribution in [2.45, 2.75) is 38.3 Å². The number of aliphatic hydroxyl groups excluding tert-OH is 1. The van der Waals surface area contributed by atoms with Crippen molar-refractivity contribution in [1.29, 1.82) is 0 Å². The molecule has 2 atom stereocenters. The van der Waals surface area contributed by atoms with Gasteiger partial charge in [-0.15, -0.1) is 0 Å². The van der Waals surface area contributed by atoms with Crippen LogP contribution in [0, 0.1) is 0 Å². The Bertz CT molecular complexity index is 1550. The number of ether oxygens (including phenoxy) is 1. The molecule has 2 aliphatic heterocycles. The average molecular weight is 443 g/mol. The quantitative estimate of drug-likeness (QED) is 0.518. The first kappa shape index (κ1) is 14.7. The first-order valence-corrected chi connectivity index (χ1v) is 9.89. The number of aliphatic hydroxyl groups is 2. The Morgan fingerprint density at radius 2 is 2.12 bits per heavy atom. The fraction of sp³-hybridized carbons (Fsp3) is 0.348. The second kappa shape index (κ2) is 6.86. The first-order valence-electron chi connectivity index (χ1n) is 12.9. The number of phenolic OH excluding ortho intramolecular Hbond substituents is 1. The minimum atomic E-state index is -3.01. The highest BCUT2D eigenvalue weighted by Gasteiger charge is 2.46. The fourth-order valence-corrected chi connectivity index (χ4v) is 4.47. The van der Waals surface area contributed by atoms with Crippen LogP contribution >= 0.6 is 0 Å². The van der Waals surface area contributed by atoms with E-state index in [1.807, 2.05) is 0 Å². The van der Waals surface area contributed by atoms with Crippen molar-refractivity contribution in [1.82, 2.24) is 14.5 Å². The second-order valence-corrected chi connectivity index (χ2v) is 7.90. The minimum absolute atomic E-state index is 0.0124. The highest BCUT2D eigenvalue weighted by molar-refractivity contribution is 5.89. The van der Waals surface area contributed by atoms with Gasteiger partial charge in [0, 0.05) is 36.8 Å². The van der Waals surface area contributed by atoms with Crippen LogP contribution in [0.25, 0.3) is 22.3 Å². The number of cyclic esters (lactones) is 1. The molecule has 4 heterocycles. The van der Waals surface area contributed by atoms with Gasteiger partial charge in [-0.05, 0) is 44.6 Å². The molecule has 0 spiro atoms. The molecule has 2 aromatic heterocycles. The van der Waals surface area contributed by atoms with E-state index >= 15 is 0 Å². The van der Waals surface area contributed by atoms with Crippen LogP contribution in [0.5, 0.6) is 5.75 Å². The maximum Gasteiger partial charge on any atom is 0.343 e. The van der Waals surface area contributed by atoms with Gasteiger partial charge in [0.25, 0.3) is 5.56 Å². The van der Waals surface area contributed by atoms with Crippen LogP contribution in [0.1, 0.15) is 50.1 Å². The summed E-state index contributed by atoms with van der Waals surface area (Å²) in [6, 6.07) is 5.49. The average Bonchev–Trinajstić information content (AvgIpc) is 3.09. The lowest BCUT2D eigenvalue weighted by atomic mass is 9.86. The van der Waals surface area contributed by atoms with Crippen LogP contribution in [0.4, 0.5) is 0 Å². The van der Waals surface area contributed by atoms with E-state index in [4.69, 9.17) is 13.0 Å². The number of aromatic hydroxyl groups is 1. The van der Waals surface area contributed by atoms with Crippen molar-refractivity contribution in [3.8, 4) is 17.1 Å². The molecule has 9 nitrogen and oxygen atoms in total. The Kier molecular flexibility index (Phi) is 3.16. The number of carbonyl (C=O) groups is 1. The van der Waals surface area contributed by atoms with E-state index in [1.54, 1.807) is 6.92 Å². The van der Waals surface area contributed by atoms with E-state index in [0.717, 1.165) is 4.57 Å². The van der Waals surface area contributed by atoms with Crippen LogP contribution in [-0.4, -0.2) is 49.7 Å². The zero-order chi connectivity index (χ0) is 27.9. The molecule has 0 amide bonds. The molecule has 0 radical (unpaired) electrons. The van der Waals surface area contributed by atoms with Crippen LogP contribution in [0.15, 0.2) is 29.1 Å². The van der Waals surface area contributed by atoms with Gasteiger partial charge >= 0.3 is 5.97 Å². The van der Waals surface area contributed by atoms with Gasteiger partial charge in [0.2, 0.25) is 0 Å². The molecule has 32 heavy (non-hydrogen) atoms. The van der Waals surface area contributed by atoms with Crippen LogP contribution in [0.2, 0.25) is 0 Å². The summed E-state index contributed by atoms with van der Waals surface area (Å²) in [6.07, 6.45) is -1.60. The fourth-order valence-electron chi connectivity index (χ4n) is 4.47. The third-order valence-electron chi connectivity index (χ3n) is 6.18. The molecule has 1 aromatic carbocycles. The van der Waals surface area contributed by atoms with Gasteiger partial charge in [-0.1, -0.05) is 6.92 Å². The van der Waals surface area contributed by atoms with E-state index in [0.29, 0.717) is 0 Å². The summed E-state index contributed by atoms with van der Waals surface area (Å²) in [7, 11) is 0. The van der Waals surface area contributed by atoms with Crippen LogP contribution < -0.4 is 5.56 Å². The maximum atomic E-state index is 13.4. The van der Waals surface area contributed by atoms with Crippen molar-refractivity contribution in [3.63, 3.8) is 0 Å². The maximum absolute atomic E-state index is 13.4. The smallest absolute Gasteiger partial charge is 0.343 e. The molecule has 9 heteroatoms. The number of pyridine rings is 2. The van der Waals surface area contributed by atoms with E-state index < -0.39 is 43.9 Å². The number of hydrogen-bond acceptors (Lipinski definition) is 8. The number of fused-ring (bicyclic) bond motifs is 5.